The molecule has 1 atom stereocenters. The minimum atomic E-state index is -0.894. The summed E-state index contributed by atoms with van der Waals surface area (Å²) in [5, 5.41) is 17.0. The number of hydrogen-bond donors (Lipinski definition) is 2. The number of carboxylic acid groups (broad SMARTS) is 1. The first-order valence-electron chi connectivity index (χ1n) is 6.47. The number of carbonyl (C=O) groups is 1. The number of morpholine rings is 1. The van der Waals surface area contributed by atoms with E-state index < -0.39 is 5.97 Å². The van der Waals surface area contributed by atoms with Gasteiger partial charge in [-0.3, -0.25) is 14.3 Å². The van der Waals surface area contributed by atoms with E-state index in [1.165, 1.54) is 0 Å². The van der Waals surface area contributed by atoms with Crippen molar-refractivity contribution in [1.29, 1.82) is 0 Å². The molecule has 0 radical (unpaired) electrons. The molecule has 1 aromatic rings. The minimum absolute atomic E-state index is 0.0196. The number of aliphatic carboxylic acids is 1. The lowest BCUT2D eigenvalue weighted by Crippen LogP contribution is -2.44. The average Bonchev–Trinajstić information content (AvgIpc) is 2.78. The Morgan fingerprint density at radius 2 is 2.40 bits per heavy atom. The van der Waals surface area contributed by atoms with Crippen molar-refractivity contribution in [3.8, 4) is 0 Å². The van der Waals surface area contributed by atoms with Gasteiger partial charge in [0, 0.05) is 13.1 Å². The van der Waals surface area contributed by atoms with Gasteiger partial charge in [0.05, 0.1) is 25.0 Å². The van der Waals surface area contributed by atoms with E-state index in [9.17, 15) is 4.79 Å². The lowest BCUT2D eigenvalue weighted by Gasteiger charge is -2.32. The van der Waals surface area contributed by atoms with Gasteiger partial charge in [-0.15, -0.1) is 10.2 Å². The summed E-state index contributed by atoms with van der Waals surface area (Å²) < 4.78 is 7.44. The Hall–Kier alpha value is -1.32. The van der Waals surface area contributed by atoms with Gasteiger partial charge in [0.15, 0.2) is 5.16 Å². The summed E-state index contributed by atoms with van der Waals surface area (Å²) in [6, 6.07) is 0. The second kappa shape index (κ2) is 6.91. The van der Waals surface area contributed by atoms with Crippen molar-refractivity contribution < 1.29 is 14.6 Å². The highest BCUT2D eigenvalue weighted by Gasteiger charge is 2.22. The van der Waals surface area contributed by atoms with Crippen LogP contribution < -0.4 is 5.73 Å². The van der Waals surface area contributed by atoms with Crippen LogP contribution in [0.3, 0.4) is 0 Å². The third-order valence-corrected chi connectivity index (χ3v) is 4.08. The first-order valence-corrected chi connectivity index (χ1v) is 7.46. The van der Waals surface area contributed by atoms with Gasteiger partial charge in [-0.2, -0.15) is 0 Å². The summed E-state index contributed by atoms with van der Waals surface area (Å²) in [5.41, 5.74) is 5.79. The Morgan fingerprint density at radius 3 is 3.10 bits per heavy atom. The van der Waals surface area contributed by atoms with E-state index >= 15 is 0 Å². The fraction of sp³-hybridized carbons (Fsp3) is 0.727. The van der Waals surface area contributed by atoms with Crippen LogP contribution in [0.2, 0.25) is 0 Å². The molecule has 1 aliphatic heterocycles. The third kappa shape index (κ3) is 3.84. The average molecular weight is 301 g/mol. The number of thioether (sulfide) groups is 1. The molecule has 0 amide bonds. The van der Waals surface area contributed by atoms with E-state index in [0.29, 0.717) is 18.3 Å². The molecule has 0 bridgehead atoms. The number of hydrogen-bond acceptors (Lipinski definition) is 7. The van der Waals surface area contributed by atoms with Crippen molar-refractivity contribution in [1.82, 2.24) is 19.7 Å². The number of ether oxygens (including phenoxy) is 1. The lowest BCUT2D eigenvalue weighted by atomic mass is 10.2. The van der Waals surface area contributed by atoms with Crippen LogP contribution in [0.15, 0.2) is 5.16 Å². The van der Waals surface area contributed by atoms with E-state index in [1.807, 2.05) is 0 Å². The van der Waals surface area contributed by atoms with Crippen LogP contribution in [0.5, 0.6) is 0 Å². The quantitative estimate of drug-likeness (QED) is 0.693. The summed E-state index contributed by atoms with van der Waals surface area (Å²) in [6.07, 6.45) is 0.0196. The predicted molar refractivity (Wildman–Crippen MR) is 74.6 cm³/mol. The molecular formula is C11H19N5O3S. The molecule has 9 heteroatoms. The molecule has 0 saturated carbocycles. The highest BCUT2D eigenvalue weighted by Crippen LogP contribution is 2.19. The molecule has 2 rings (SSSR count). The molecule has 112 valence electrons. The number of carboxylic acids is 1. The number of anilines is 1. The normalized spacial score (nSPS) is 20.1. The largest absolute Gasteiger partial charge is 0.481 e. The van der Waals surface area contributed by atoms with Crippen LogP contribution in [-0.4, -0.2) is 68.8 Å². The Kier molecular flexibility index (Phi) is 5.21. The summed E-state index contributed by atoms with van der Waals surface area (Å²) >= 11 is 1.11. The number of nitrogens with zero attached hydrogens (tertiary/aromatic N) is 4. The van der Waals surface area contributed by atoms with Gasteiger partial charge in [0.1, 0.15) is 0 Å². The van der Waals surface area contributed by atoms with Crippen LogP contribution in [-0.2, 0) is 16.1 Å². The zero-order valence-corrected chi connectivity index (χ0v) is 12.2. The molecular weight excluding hydrogens is 282 g/mol. The molecule has 2 heterocycles. The summed E-state index contributed by atoms with van der Waals surface area (Å²) in [7, 11) is 0. The van der Waals surface area contributed by atoms with Crippen LogP contribution in [0.25, 0.3) is 0 Å². The highest BCUT2D eigenvalue weighted by atomic mass is 32.2. The Labute approximate surface area is 121 Å². The number of likely N-dealkylation sites (N-methyl/N-ethyl adjacent to an activating group) is 1. The van der Waals surface area contributed by atoms with E-state index in [4.69, 9.17) is 15.6 Å². The van der Waals surface area contributed by atoms with Gasteiger partial charge >= 0.3 is 5.97 Å². The van der Waals surface area contributed by atoms with Gasteiger partial charge in [0.25, 0.3) is 0 Å². The van der Waals surface area contributed by atoms with Crippen molar-refractivity contribution >= 4 is 23.7 Å². The molecule has 1 aromatic heterocycles. The fourth-order valence-electron chi connectivity index (χ4n) is 2.09. The maximum atomic E-state index is 10.6. The maximum absolute atomic E-state index is 10.6. The molecule has 0 spiro atoms. The van der Waals surface area contributed by atoms with E-state index in [1.54, 1.807) is 4.57 Å². The van der Waals surface area contributed by atoms with E-state index in [0.717, 1.165) is 31.4 Å². The van der Waals surface area contributed by atoms with Gasteiger partial charge < -0.3 is 15.6 Å². The van der Waals surface area contributed by atoms with Gasteiger partial charge in [-0.1, -0.05) is 18.7 Å². The van der Waals surface area contributed by atoms with Gasteiger partial charge in [-0.25, -0.2) is 0 Å². The molecule has 1 fully saturated rings. The molecule has 3 N–H and O–H groups in total. The first kappa shape index (κ1) is 15.1. The fourth-order valence-corrected chi connectivity index (χ4v) is 2.76. The smallest absolute Gasteiger partial charge is 0.313 e. The second-order valence-corrected chi connectivity index (χ2v) is 5.46. The van der Waals surface area contributed by atoms with E-state index in [2.05, 4.69) is 22.0 Å². The molecule has 0 aromatic carbocycles. The van der Waals surface area contributed by atoms with Crippen LogP contribution in [0, 0.1) is 0 Å². The molecule has 20 heavy (non-hydrogen) atoms. The monoisotopic (exact) mass is 301 g/mol. The topological polar surface area (TPSA) is 107 Å². The van der Waals surface area contributed by atoms with Gasteiger partial charge in [-0.05, 0) is 6.54 Å². The molecule has 0 aliphatic carbocycles. The zero-order valence-electron chi connectivity index (χ0n) is 11.4. The van der Waals surface area contributed by atoms with Crippen molar-refractivity contribution in [2.45, 2.75) is 24.7 Å². The maximum Gasteiger partial charge on any atom is 0.313 e. The van der Waals surface area contributed by atoms with Crippen molar-refractivity contribution in [3.05, 3.63) is 0 Å². The molecule has 1 aliphatic rings. The molecule has 1 saturated heterocycles. The van der Waals surface area contributed by atoms with Crippen LogP contribution in [0.1, 0.15) is 6.92 Å². The first-order chi connectivity index (χ1) is 9.60. The van der Waals surface area contributed by atoms with Crippen LogP contribution in [0.4, 0.5) is 5.95 Å². The third-order valence-electron chi connectivity index (χ3n) is 3.13. The lowest BCUT2D eigenvalue weighted by molar-refractivity contribution is -0.133. The Morgan fingerprint density at radius 1 is 1.60 bits per heavy atom. The number of rotatable bonds is 6. The van der Waals surface area contributed by atoms with Crippen molar-refractivity contribution in [2.75, 3.05) is 37.7 Å². The van der Waals surface area contributed by atoms with E-state index in [-0.39, 0.29) is 17.8 Å². The second-order valence-electron chi connectivity index (χ2n) is 4.52. The molecule has 8 nitrogen and oxygen atoms in total. The Bertz CT molecular complexity index is 467. The van der Waals surface area contributed by atoms with Crippen molar-refractivity contribution in [3.63, 3.8) is 0 Å². The number of nitrogen functional groups attached to an aromatic ring is 1. The summed E-state index contributed by atoms with van der Waals surface area (Å²) in [6.45, 7) is 6.10. The number of nitrogens with two attached hydrogens (primary N) is 1. The minimum Gasteiger partial charge on any atom is -0.481 e. The zero-order chi connectivity index (χ0) is 14.5. The highest BCUT2D eigenvalue weighted by molar-refractivity contribution is 7.99. The predicted octanol–water partition coefficient (Wildman–Crippen LogP) is -0.242. The summed E-state index contributed by atoms with van der Waals surface area (Å²) in [5.74, 6) is -0.672. The Balaban J connectivity index is 2.00. The SMILES string of the molecule is CCN1CCOC(Cn2c(N)nnc2SCC(=O)O)C1. The molecule has 1 unspecified atom stereocenters. The van der Waals surface area contributed by atoms with Crippen LogP contribution >= 0.6 is 11.8 Å². The summed E-state index contributed by atoms with van der Waals surface area (Å²) in [4.78, 5) is 12.9. The number of aromatic nitrogens is 3. The van der Waals surface area contributed by atoms with Gasteiger partial charge in [0.2, 0.25) is 5.95 Å². The van der Waals surface area contributed by atoms with Crippen molar-refractivity contribution in [2.24, 2.45) is 0 Å². The standard InChI is InChI=1S/C11H19N5O3S/c1-2-15-3-4-19-8(5-15)6-16-10(12)13-14-11(16)20-7-9(17)18/h8H,2-7H2,1H3,(H2,12,13)(H,17,18).